The molecule has 2 fully saturated rings. The molecular formula is C24H30N2O4S. The molecule has 4 rings (SSSR count). The molecule has 3 atom stereocenters. The molecule has 2 aromatic rings. The molecule has 0 saturated heterocycles. The highest BCUT2D eigenvalue weighted by Gasteiger charge is 2.40. The number of anilines is 1. The number of fused-ring (bicyclic) bond motifs is 2. The molecule has 31 heavy (non-hydrogen) atoms. The fourth-order valence-corrected chi connectivity index (χ4v) is 6.31. The number of hydrogen-bond donors (Lipinski definition) is 1. The molecule has 166 valence electrons. The molecule has 0 heterocycles. The molecule has 2 aliphatic rings. The molecule has 0 spiro atoms. The van der Waals surface area contributed by atoms with Crippen molar-refractivity contribution in [2.24, 2.45) is 11.8 Å². The SMILES string of the molecule is CCOc1ccccc1N(CC(=O)N[C@@H]1C[C@@H]2CC[C@@H]1C2)S(=O)(=O)c1ccc(C)cc1. The summed E-state index contributed by atoms with van der Waals surface area (Å²) in [5.74, 6) is 1.38. The fraction of sp³-hybridized carbons (Fsp3) is 0.458. The smallest absolute Gasteiger partial charge is 0.264 e. The van der Waals surface area contributed by atoms with E-state index in [9.17, 15) is 13.2 Å². The Balaban J connectivity index is 1.64. The van der Waals surface area contributed by atoms with Crippen LogP contribution in [-0.2, 0) is 14.8 Å². The predicted octanol–water partition coefficient (Wildman–Crippen LogP) is 3.89. The van der Waals surface area contributed by atoms with Gasteiger partial charge < -0.3 is 10.1 Å². The second-order valence-corrected chi connectivity index (χ2v) is 10.4. The van der Waals surface area contributed by atoms with Crippen LogP contribution in [0.5, 0.6) is 5.75 Å². The number of amides is 1. The summed E-state index contributed by atoms with van der Waals surface area (Å²) in [6.45, 7) is 3.86. The average molecular weight is 443 g/mol. The van der Waals surface area contributed by atoms with E-state index in [0.717, 1.165) is 18.4 Å². The van der Waals surface area contributed by atoms with E-state index in [-0.39, 0.29) is 23.4 Å². The molecule has 0 radical (unpaired) electrons. The maximum Gasteiger partial charge on any atom is 0.264 e. The van der Waals surface area contributed by atoms with Crippen LogP contribution in [-0.4, -0.2) is 33.5 Å². The van der Waals surface area contributed by atoms with Gasteiger partial charge in [-0.25, -0.2) is 8.42 Å². The minimum absolute atomic E-state index is 0.150. The third kappa shape index (κ3) is 4.56. The lowest BCUT2D eigenvalue weighted by atomic mass is 9.95. The third-order valence-corrected chi connectivity index (χ3v) is 8.19. The summed E-state index contributed by atoms with van der Waals surface area (Å²) in [5, 5.41) is 3.11. The number of ether oxygens (including phenoxy) is 1. The lowest BCUT2D eigenvalue weighted by Crippen LogP contribution is -2.46. The van der Waals surface area contributed by atoms with E-state index < -0.39 is 10.0 Å². The van der Waals surface area contributed by atoms with Crippen molar-refractivity contribution in [1.29, 1.82) is 0 Å². The molecule has 7 heteroatoms. The predicted molar refractivity (Wildman–Crippen MR) is 121 cm³/mol. The Morgan fingerprint density at radius 3 is 2.48 bits per heavy atom. The average Bonchev–Trinajstić information content (AvgIpc) is 3.36. The quantitative estimate of drug-likeness (QED) is 0.673. The standard InChI is InChI=1S/C24H30N2O4S/c1-3-30-23-7-5-4-6-22(23)26(31(28,29)20-12-8-17(2)9-13-20)16-24(27)25-21-15-18-10-11-19(21)14-18/h4-9,12-13,18-19,21H,3,10-11,14-16H2,1-2H3,(H,25,27)/t18-,19-,21-/m1/s1. The Morgan fingerprint density at radius 1 is 1.10 bits per heavy atom. The van der Waals surface area contributed by atoms with E-state index in [1.54, 1.807) is 48.5 Å². The Hall–Kier alpha value is -2.54. The fourth-order valence-electron chi connectivity index (χ4n) is 4.88. The first-order chi connectivity index (χ1) is 14.9. The maximum atomic E-state index is 13.6. The van der Waals surface area contributed by atoms with Crippen molar-refractivity contribution in [3.63, 3.8) is 0 Å². The van der Waals surface area contributed by atoms with Gasteiger partial charge in [0.2, 0.25) is 5.91 Å². The summed E-state index contributed by atoms with van der Waals surface area (Å²) in [4.78, 5) is 13.2. The minimum Gasteiger partial charge on any atom is -0.492 e. The van der Waals surface area contributed by atoms with Gasteiger partial charge in [-0.15, -0.1) is 0 Å². The summed E-state index contributed by atoms with van der Waals surface area (Å²) < 4.78 is 34.0. The number of carbonyl (C=O) groups excluding carboxylic acids is 1. The summed E-state index contributed by atoms with van der Waals surface area (Å²) in [6.07, 6.45) is 4.56. The van der Waals surface area contributed by atoms with Crippen LogP contribution < -0.4 is 14.4 Å². The van der Waals surface area contributed by atoms with Crippen LogP contribution in [0.2, 0.25) is 0 Å². The van der Waals surface area contributed by atoms with E-state index in [1.807, 2.05) is 13.8 Å². The highest BCUT2D eigenvalue weighted by molar-refractivity contribution is 7.92. The van der Waals surface area contributed by atoms with Gasteiger partial charge in [0.05, 0.1) is 17.2 Å². The van der Waals surface area contributed by atoms with Crippen LogP contribution in [0.25, 0.3) is 0 Å². The van der Waals surface area contributed by atoms with Gasteiger partial charge in [0, 0.05) is 6.04 Å². The van der Waals surface area contributed by atoms with Crippen molar-refractivity contribution in [3.8, 4) is 5.75 Å². The third-order valence-electron chi connectivity index (χ3n) is 6.41. The zero-order valence-electron chi connectivity index (χ0n) is 18.1. The van der Waals surface area contributed by atoms with Crippen LogP contribution in [0.15, 0.2) is 53.4 Å². The summed E-state index contributed by atoms with van der Waals surface area (Å²) in [7, 11) is -3.96. The Kier molecular flexibility index (Phi) is 6.23. The minimum atomic E-state index is -3.96. The molecular weight excluding hydrogens is 412 g/mol. The molecule has 1 amide bonds. The Labute approximate surface area is 184 Å². The number of nitrogens with one attached hydrogen (secondary N) is 1. The molecule has 2 aromatic carbocycles. The van der Waals surface area contributed by atoms with Gasteiger partial charge in [-0.1, -0.05) is 36.2 Å². The molecule has 6 nitrogen and oxygen atoms in total. The molecule has 2 aliphatic carbocycles. The summed E-state index contributed by atoms with van der Waals surface area (Å²) >= 11 is 0. The monoisotopic (exact) mass is 442 g/mol. The maximum absolute atomic E-state index is 13.6. The first-order valence-electron chi connectivity index (χ1n) is 11.0. The molecule has 0 unspecified atom stereocenters. The number of benzene rings is 2. The molecule has 0 aliphatic heterocycles. The van der Waals surface area contributed by atoms with E-state index in [2.05, 4.69) is 5.32 Å². The van der Waals surface area contributed by atoms with Crippen molar-refractivity contribution in [1.82, 2.24) is 5.32 Å². The molecule has 2 bridgehead atoms. The molecule has 2 saturated carbocycles. The van der Waals surface area contributed by atoms with Crippen molar-refractivity contribution in [3.05, 3.63) is 54.1 Å². The molecule has 1 N–H and O–H groups in total. The Morgan fingerprint density at radius 2 is 1.84 bits per heavy atom. The first kappa shape index (κ1) is 21.7. The van der Waals surface area contributed by atoms with Crippen LogP contribution in [0.3, 0.4) is 0 Å². The van der Waals surface area contributed by atoms with Gasteiger partial charge >= 0.3 is 0 Å². The highest BCUT2D eigenvalue weighted by atomic mass is 32.2. The van der Waals surface area contributed by atoms with Gasteiger partial charge in [-0.2, -0.15) is 0 Å². The number of hydrogen-bond acceptors (Lipinski definition) is 4. The van der Waals surface area contributed by atoms with E-state index in [0.29, 0.717) is 29.9 Å². The van der Waals surface area contributed by atoms with Gasteiger partial charge in [0.25, 0.3) is 10.0 Å². The largest absolute Gasteiger partial charge is 0.492 e. The van der Waals surface area contributed by atoms with Crippen LogP contribution in [0.1, 0.15) is 38.2 Å². The zero-order chi connectivity index (χ0) is 22.0. The van der Waals surface area contributed by atoms with Crippen LogP contribution in [0.4, 0.5) is 5.69 Å². The van der Waals surface area contributed by atoms with Gasteiger partial charge in [0.1, 0.15) is 12.3 Å². The van der Waals surface area contributed by atoms with Gasteiger partial charge in [-0.3, -0.25) is 9.10 Å². The van der Waals surface area contributed by atoms with Crippen molar-refractivity contribution < 1.29 is 17.9 Å². The summed E-state index contributed by atoms with van der Waals surface area (Å²) in [5.41, 5.74) is 1.34. The number of aryl methyl sites for hydroxylation is 1. The highest BCUT2D eigenvalue weighted by Crippen LogP contribution is 2.44. The first-order valence-corrected chi connectivity index (χ1v) is 12.4. The van der Waals surface area contributed by atoms with Crippen LogP contribution in [0, 0.1) is 18.8 Å². The number of rotatable bonds is 8. The number of para-hydroxylation sites is 2. The van der Waals surface area contributed by atoms with Gasteiger partial charge in [0.15, 0.2) is 0 Å². The van der Waals surface area contributed by atoms with E-state index in [1.165, 1.54) is 17.1 Å². The van der Waals surface area contributed by atoms with Crippen molar-refractivity contribution in [2.75, 3.05) is 17.5 Å². The summed E-state index contributed by atoms with van der Waals surface area (Å²) in [6, 6.07) is 13.8. The topological polar surface area (TPSA) is 75.7 Å². The van der Waals surface area contributed by atoms with E-state index in [4.69, 9.17) is 4.74 Å². The van der Waals surface area contributed by atoms with Crippen LogP contribution >= 0.6 is 0 Å². The van der Waals surface area contributed by atoms with E-state index >= 15 is 0 Å². The Bertz CT molecular complexity index is 1040. The normalized spacial score (nSPS) is 22.3. The number of carbonyl (C=O) groups is 1. The second-order valence-electron chi connectivity index (χ2n) is 8.57. The number of sulfonamides is 1. The second kappa shape index (κ2) is 8.91. The molecule has 0 aromatic heterocycles. The van der Waals surface area contributed by atoms with Gasteiger partial charge in [-0.05, 0) is 69.2 Å². The van der Waals surface area contributed by atoms with Crippen molar-refractivity contribution >= 4 is 21.6 Å². The van der Waals surface area contributed by atoms with Crippen molar-refractivity contribution in [2.45, 2.75) is 50.5 Å². The zero-order valence-corrected chi connectivity index (χ0v) is 18.9. The number of nitrogens with zero attached hydrogens (tertiary/aromatic N) is 1. The lowest BCUT2D eigenvalue weighted by molar-refractivity contribution is -0.120. The lowest BCUT2D eigenvalue weighted by Gasteiger charge is -2.28.